The van der Waals surface area contributed by atoms with Crippen LogP contribution in [0.4, 0.5) is 0 Å². The van der Waals surface area contributed by atoms with Gasteiger partial charge in [0.1, 0.15) is 0 Å². The summed E-state index contributed by atoms with van der Waals surface area (Å²) in [7, 11) is 0. The fourth-order valence-electron chi connectivity index (χ4n) is 3.00. The van der Waals surface area contributed by atoms with Gasteiger partial charge in [-0.1, -0.05) is 30.3 Å². The number of rotatable bonds is 2. The minimum Gasteiger partial charge on any atom is -0.392 e. The lowest BCUT2D eigenvalue weighted by molar-refractivity contribution is -0.237. The van der Waals surface area contributed by atoms with Crippen LogP contribution < -0.4 is 0 Å². The van der Waals surface area contributed by atoms with Crippen molar-refractivity contribution in [1.29, 1.82) is 0 Å². The molecule has 0 bridgehead atoms. The first-order chi connectivity index (χ1) is 8.33. The van der Waals surface area contributed by atoms with Gasteiger partial charge in [-0.25, -0.2) is 0 Å². The highest BCUT2D eigenvalue weighted by Gasteiger charge is 2.51. The summed E-state index contributed by atoms with van der Waals surface area (Å²) in [4.78, 5) is 0. The standard InChI is InChI=1S/C15H20NO2/c1-14(2)12(10-17)13(15(3,4)16(14)18)11-8-6-5-7-9-11/h5-9,17H,10H2,1-4H3. The monoisotopic (exact) mass is 246 g/mol. The Morgan fingerprint density at radius 1 is 1.06 bits per heavy atom. The Bertz CT molecular complexity index is 475. The van der Waals surface area contributed by atoms with E-state index >= 15 is 0 Å². The second kappa shape index (κ2) is 4.19. The van der Waals surface area contributed by atoms with Crippen LogP contribution in [0.25, 0.3) is 5.57 Å². The highest BCUT2D eigenvalue weighted by Crippen LogP contribution is 2.48. The van der Waals surface area contributed by atoms with Gasteiger partial charge in [0, 0.05) is 0 Å². The third-order valence-electron chi connectivity index (χ3n) is 3.89. The summed E-state index contributed by atoms with van der Waals surface area (Å²) in [6, 6.07) is 9.83. The van der Waals surface area contributed by atoms with E-state index in [-0.39, 0.29) is 6.61 Å². The SMILES string of the molecule is CC1(C)C(CO)=C(c2ccccc2)C(C)(C)N1[O]. The molecule has 0 atom stereocenters. The fourth-order valence-corrected chi connectivity index (χ4v) is 3.00. The summed E-state index contributed by atoms with van der Waals surface area (Å²) in [5, 5.41) is 23.2. The molecule has 0 aliphatic carbocycles. The summed E-state index contributed by atoms with van der Waals surface area (Å²) < 4.78 is 0. The molecule has 0 fully saturated rings. The molecule has 0 unspecified atom stereocenters. The molecule has 1 heterocycles. The van der Waals surface area contributed by atoms with E-state index in [1.54, 1.807) is 0 Å². The Balaban J connectivity index is 2.67. The maximum Gasteiger partial charge on any atom is 0.0702 e. The van der Waals surface area contributed by atoms with E-state index in [4.69, 9.17) is 0 Å². The van der Waals surface area contributed by atoms with Crippen LogP contribution >= 0.6 is 0 Å². The lowest BCUT2D eigenvalue weighted by Gasteiger charge is -2.34. The lowest BCUT2D eigenvalue weighted by atomic mass is 9.86. The molecule has 2 rings (SSSR count). The predicted molar refractivity (Wildman–Crippen MR) is 71.1 cm³/mol. The van der Waals surface area contributed by atoms with Crippen LogP contribution in [0.15, 0.2) is 35.9 Å². The van der Waals surface area contributed by atoms with Crippen molar-refractivity contribution in [3.63, 3.8) is 0 Å². The average molecular weight is 246 g/mol. The van der Waals surface area contributed by atoms with Crippen molar-refractivity contribution in [2.75, 3.05) is 6.61 Å². The first-order valence-electron chi connectivity index (χ1n) is 6.21. The molecule has 0 amide bonds. The molecule has 1 N–H and O–H groups in total. The van der Waals surface area contributed by atoms with Gasteiger partial charge in [-0.2, -0.15) is 0 Å². The molecule has 1 aromatic carbocycles. The van der Waals surface area contributed by atoms with E-state index in [0.717, 1.165) is 21.8 Å². The largest absolute Gasteiger partial charge is 0.392 e. The topological polar surface area (TPSA) is 43.4 Å². The van der Waals surface area contributed by atoms with E-state index in [9.17, 15) is 10.3 Å². The van der Waals surface area contributed by atoms with Crippen molar-refractivity contribution in [2.24, 2.45) is 0 Å². The Labute approximate surface area is 108 Å². The highest BCUT2D eigenvalue weighted by molar-refractivity contribution is 5.79. The number of nitrogens with zero attached hydrogens (tertiary/aromatic N) is 1. The third-order valence-corrected chi connectivity index (χ3v) is 3.89. The fraction of sp³-hybridized carbons (Fsp3) is 0.467. The summed E-state index contributed by atoms with van der Waals surface area (Å²) in [5.74, 6) is 0. The first-order valence-corrected chi connectivity index (χ1v) is 6.21. The van der Waals surface area contributed by atoms with Crippen molar-refractivity contribution in [3.05, 3.63) is 41.5 Å². The molecule has 0 saturated heterocycles. The van der Waals surface area contributed by atoms with Crippen LogP contribution in [0.1, 0.15) is 33.3 Å². The van der Waals surface area contributed by atoms with E-state index in [2.05, 4.69) is 0 Å². The predicted octanol–water partition coefficient (Wildman–Crippen LogP) is 2.65. The zero-order valence-corrected chi connectivity index (χ0v) is 11.4. The third kappa shape index (κ3) is 1.70. The zero-order valence-electron chi connectivity index (χ0n) is 11.4. The van der Waals surface area contributed by atoms with Crippen molar-refractivity contribution in [1.82, 2.24) is 5.06 Å². The van der Waals surface area contributed by atoms with Crippen LogP contribution in [-0.4, -0.2) is 27.9 Å². The minimum atomic E-state index is -0.663. The first kappa shape index (κ1) is 13.3. The number of hydroxylamine groups is 2. The van der Waals surface area contributed by atoms with Crippen molar-refractivity contribution in [3.8, 4) is 0 Å². The Morgan fingerprint density at radius 2 is 1.61 bits per heavy atom. The molecule has 1 aliphatic rings. The quantitative estimate of drug-likeness (QED) is 0.871. The molecule has 3 heteroatoms. The van der Waals surface area contributed by atoms with Gasteiger partial charge < -0.3 is 5.11 Å². The molecular weight excluding hydrogens is 226 g/mol. The lowest BCUT2D eigenvalue weighted by Crippen LogP contribution is -2.47. The molecule has 1 aliphatic heterocycles. The number of hydrogen-bond acceptors (Lipinski definition) is 2. The van der Waals surface area contributed by atoms with Gasteiger partial charge in [-0.15, -0.1) is 10.3 Å². The molecule has 0 aromatic heterocycles. The molecular formula is C15H20NO2. The van der Waals surface area contributed by atoms with Gasteiger partial charge in [0.15, 0.2) is 0 Å². The number of hydrogen-bond donors (Lipinski definition) is 1. The minimum absolute atomic E-state index is 0.0839. The molecule has 3 nitrogen and oxygen atoms in total. The molecule has 1 radical (unpaired) electrons. The van der Waals surface area contributed by atoms with E-state index in [1.807, 2.05) is 58.0 Å². The van der Waals surface area contributed by atoms with Crippen molar-refractivity contribution in [2.45, 2.75) is 38.8 Å². The summed E-state index contributed by atoms with van der Waals surface area (Å²) >= 11 is 0. The van der Waals surface area contributed by atoms with Crippen LogP contribution in [0.3, 0.4) is 0 Å². The van der Waals surface area contributed by atoms with Gasteiger partial charge in [-0.3, -0.25) is 0 Å². The Kier molecular flexibility index (Phi) is 3.09. The van der Waals surface area contributed by atoms with Crippen LogP contribution in [0, 0.1) is 0 Å². The van der Waals surface area contributed by atoms with E-state index in [1.165, 1.54) is 0 Å². The highest BCUT2D eigenvalue weighted by atomic mass is 16.5. The van der Waals surface area contributed by atoms with Crippen molar-refractivity contribution >= 4 is 5.57 Å². The van der Waals surface area contributed by atoms with Crippen molar-refractivity contribution < 1.29 is 10.3 Å². The number of aliphatic hydroxyl groups excluding tert-OH is 1. The van der Waals surface area contributed by atoms with Gasteiger partial charge in [0.25, 0.3) is 0 Å². The summed E-state index contributed by atoms with van der Waals surface area (Å²) in [5.41, 5.74) is 1.49. The van der Waals surface area contributed by atoms with Gasteiger partial charge in [0.05, 0.1) is 17.7 Å². The van der Waals surface area contributed by atoms with Gasteiger partial charge >= 0.3 is 0 Å². The normalized spacial score (nSPS) is 22.6. The maximum absolute atomic E-state index is 12.5. The maximum atomic E-state index is 12.5. The number of aliphatic hydroxyl groups is 1. The van der Waals surface area contributed by atoms with Crippen LogP contribution in [0.2, 0.25) is 0 Å². The molecule has 0 spiro atoms. The van der Waals surface area contributed by atoms with E-state index < -0.39 is 11.1 Å². The Hall–Kier alpha value is -1.16. The van der Waals surface area contributed by atoms with Gasteiger partial charge in [-0.05, 0) is 44.4 Å². The zero-order chi connectivity index (χ0) is 13.6. The second-order valence-electron chi connectivity index (χ2n) is 5.79. The van der Waals surface area contributed by atoms with E-state index in [0.29, 0.717) is 0 Å². The average Bonchev–Trinajstić information content (AvgIpc) is 2.47. The molecule has 1 aromatic rings. The molecule has 97 valence electrons. The Morgan fingerprint density at radius 3 is 2.11 bits per heavy atom. The summed E-state index contributed by atoms with van der Waals surface area (Å²) in [6.45, 7) is 7.46. The van der Waals surface area contributed by atoms with Gasteiger partial charge in [0.2, 0.25) is 0 Å². The van der Waals surface area contributed by atoms with Crippen LogP contribution in [0.5, 0.6) is 0 Å². The van der Waals surface area contributed by atoms with Crippen LogP contribution in [-0.2, 0) is 5.21 Å². The number of benzene rings is 1. The second-order valence-corrected chi connectivity index (χ2v) is 5.79. The summed E-state index contributed by atoms with van der Waals surface area (Å²) in [6.07, 6.45) is 0. The molecule has 18 heavy (non-hydrogen) atoms. The molecule has 0 saturated carbocycles. The smallest absolute Gasteiger partial charge is 0.0702 e.